The molecule has 0 spiro atoms. The van der Waals surface area contributed by atoms with Gasteiger partial charge in [0.1, 0.15) is 17.4 Å². The summed E-state index contributed by atoms with van der Waals surface area (Å²) in [5.74, 6) is -0.743. The molecule has 21 heavy (non-hydrogen) atoms. The van der Waals surface area contributed by atoms with Crippen LogP contribution in [0.5, 0.6) is 5.75 Å². The van der Waals surface area contributed by atoms with Gasteiger partial charge in [-0.25, -0.2) is 8.78 Å². The lowest BCUT2D eigenvalue weighted by Gasteiger charge is -2.03. The predicted molar refractivity (Wildman–Crippen MR) is 77.3 cm³/mol. The van der Waals surface area contributed by atoms with Crippen molar-refractivity contribution in [3.63, 3.8) is 0 Å². The molecule has 0 N–H and O–H groups in total. The second-order valence-electron chi connectivity index (χ2n) is 4.32. The van der Waals surface area contributed by atoms with Crippen molar-refractivity contribution in [1.82, 2.24) is 0 Å². The predicted octanol–water partition coefficient (Wildman–Crippen LogP) is 4.26. The van der Waals surface area contributed by atoms with Crippen LogP contribution in [0.25, 0.3) is 6.08 Å². The fourth-order valence-corrected chi connectivity index (χ4v) is 1.79. The molecule has 0 aliphatic heterocycles. The molecular formula is C17H14F2O2. The van der Waals surface area contributed by atoms with Gasteiger partial charge in [0.15, 0.2) is 5.78 Å². The smallest absolute Gasteiger partial charge is 0.185 e. The minimum Gasteiger partial charge on any atom is -0.494 e. The Labute approximate surface area is 121 Å². The van der Waals surface area contributed by atoms with Gasteiger partial charge in [-0.05, 0) is 61.5 Å². The molecule has 0 saturated carbocycles. The number of ether oxygens (including phenoxy) is 1. The Hall–Kier alpha value is -2.49. The van der Waals surface area contributed by atoms with Gasteiger partial charge in [-0.2, -0.15) is 0 Å². The zero-order chi connectivity index (χ0) is 15.2. The third-order valence-corrected chi connectivity index (χ3v) is 2.82. The van der Waals surface area contributed by atoms with Crippen molar-refractivity contribution in [3.8, 4) is 5.75 Å². The Morgan fingerprint density at radius 2 is 1.86 bits per heavy atom. The average molecular weight is 288 g/mol. The third kappa shape index (κ3) is 3.99. The van der Waals surface area contributed by atoms with Crippen LogP contribution in [-0.4, -0.2) is 12.4 Å². The lowest BCUT2D eigenvalue weighted by molar-refractivity contribution is 0.104. The minimum atomic E-state index is -0.577. The number of hydrogen-bond acceptors (Lipinski definition) is 2. The van der Waals surface area contributed by atoms with Crippen molar-refractivity contribution >= 4 is 11.9 Å². The Bertz CT molecular complexity index is 661. The molecule has 0 bridgehead atoms. The van der Waals surface area contributed by atoms with E-state index in [0.29, 0.717) is 17.9 Å². The number of allylic oxidation sites excluding steroid dienone is 1. The first-order valence-corrected chi connectivity index (χ1v) is 6.50. The number of carbonyl (C=O) groups is 1. The lowest BCUT2D eigenvalue weighted by atomic mass is 10.1. The van der Waals surface area contributed by atoms with E-state index in [1.54, 1.807) is 24.3 Å². The standard InChI is InChI=1S/C17H14F2O2/c1-2-21-15-7-3-12(4-8-15)17(20)10-5-13-11-14(18)6-9-16(13)19/h3-11H,2H2,1H3. The second kappa shape index (κ2) is 6.79. The van der Waals surface area contributed by atoms with Crippen LogP contribution in [0.3, 0.4) is 0 Å². The van der Waals surface area contributed by atoms with E-state index in [1.165, 1.54) is 12.2 Å². The lowest BCUT2D eigenvalue weighted by Crippen LogP contribution is -1.96. The first kappa shape index (κ1) is 14.9. The van der Waals surface area contributed by atoms with Gasteiger partial charge in [0.2, 0.25) is 0 Å². The first-order chi connectivity index (χ1) is 10.1. The van der Waals surface area contributed by atoms with Crippen LogP contribution in [-0.2, 0) is 0 Å². The molecule has 0 aliphatic rings. The molecule has 2 nitrogen and oxygen atoms in total. The van der Waals surface area contributed by atoms with Crippen LogP contribution >= 0.6 is 0 Å². The molecule has 0 saturated heterocycles. The summed E-state index contributed by atoms with van der Waals surface area (Å²) in [5, 5.41) is 0. The topological polar surface area (TPSA) is 26.3 Å². The van der Waals surface area contributed by atoms with Crippen LogP contribution in [0.2, 0.25) is 0 Å². The number of halogens is 2. The van der Waals surface area contributed by atoms with Gasteiger partial charge >= 0.3 is 0 Å². The van der Waals surface area contributed by atoms with Crippen LogP contribution < -0.4 is 4.74 Å². The van der Waals surface area contributed by atoms with Crippen molar-refractivity contribution in [2.45, 2.75) is 6.92 Å². The molecule has 108 valence electrons. The molecule has 2 rings (SSSR count). The van der Waals surface area contributed by atoms with E-state index >= 15 is 0 Å². The maximum absolute atomic E-state index is 13.4. The van der Waals surface area contributed by atoms with Crippen molar-refractivity contribution in [2.24, 2.45) is 0 Å². The van der Waals surface area contributed by atoms with E-state index in [2.05, 4.69) is 0 Å². The van der Waals surface area contributed by atoms with Crippen molar-refractivity contribution in [3.05, 3.63) is 71.3 Å². The van der Waals surface area contributed by atoms with Crippen molar-refractivity contribution in [1.29, 1.82) is 0 Å². The second-order valence-corrected chi connectivity index (χ2v) is 4.32. The van der Waals surface area contributed by atoms with Gasteiger partial charge in [-0.15, -0.1) is 0 Å². The molecule has 4 heteroatoms. The van der Waals surface area contributed by atoms with Gasteiger partial charge in [0.25, 0.3) is 0 Å². The highest BCUT2D eigenvalue weighted by Crippen LogP contribution is 2.15. The van der Waals surface area contributed by atoms with Crippen LogP contribution in [0.4, 0.5) is 8.78 Å². The Morgan fingerprint density at radius 1 is 1.14 bits per heavy atom. The SMILES string of the molecule is CCOc1ccc(C(=O)C=Cc2cc(F)ccc2F)cc1. The summed E-state index contributed by atoms with van der Waals surface area (Å²) in [6.45, 7) is 2.42. The number of carbonyl (C=O) groups excluding carboxylic acids is 1. The van der Waals surface area contributed by atoms with Gasteiger partial charge < -0.3 is 4.74 Å². The molecule has 0 amide bonds. The van der Waals surface area contributed by atoms with Gasteiger partial charge in [0, 0.05) is 11.1 Å². The number of ketones is 1. The van der Waals surface area contributed by atoms with Crippen molar-refractivity contribution < 1.29 is 18.3 Å². The fraction of sp³-hybridized carbons (Fsp3) is 0.118. The van der Waals surface area contributed by atoms with E-state index in [0.717, 1.165) is 18.2 Å². The molecule has 0 aliphatic carbocycles. The summed E-state index contributed by atoms with van der Waals surface area (Å²) in [5.41, 5.74) is 0.487. The molecule has 0 aromatic heterocycles. The summed E-state index contributed by atoms with van der Waals surface area (Å²) in [7, 11) is 0. The van der Waals surface area contributed by atoms with Crippen LogP contribution in [0, 0.1) is 11.6 Å². The number of rotatable bonds is 5. The maximum atomic E-state index is 13.4. The molecule has 0 heterocycles. The van der Waals surface area contributed by atoms with Gasteiger partial charge in [-0.3, -0.25) is 4.79 Å². The third-order valence-electron chi connectivity index (χ3n) is 2.82. The van der Waals surface area contributed by atoms with E-state index < -0.39 is 11.6 Å². The van der Waals surface area contributed by atoms with Crippen LogP contribution in [0.1, 0.15) is 22.8 Å². The molecule has 0 radical (unpaired) electrons. The van der Waals surface area contributed by atoms with E-state index in [9.17, 15) is 13.6 Å². The minimum absolute atomic E-state index is 0.0364. The van der Waals surface area contributed by atoms with Gasteiger partial charge in [-0.1, -0.05) is 0 Å². The summed E-state index contributed by atoms with van der Waals surface area (Å²) in [6.07, 6.45) is 2.48. The molecule has 2 aromatic carbocycles. The Balaban J connectivity index is 2.13. The summed E-state index contributed by atoms with van der Waals surface area (Å²) in [6, 6.07) is 9.72. The highest BCUT2D eigenvalue weighted by atomic mass is 19.1. The largest absolute Gasteiger partial charge is 0.494 e. The highest BCUT2D eigenvalue weighted by Gasteiger charge is 2.04. The normalized spacial score (nSPS) is 10.8. The molecule has 2 aromatic rings. The molecule has 0 fully saturated rings. The summed E-state index contributed by atoms with van der Waals surface area (Å²) < 4.78 is 31.7. The molecule has 0 unspecified atom stereocenters. The van der Waals surface area contributed by atoms with Crippen molar-refractivity contribution in [2.75, 3.05) is 6.61 Å². The van der Waals surface area contributed by atoms with E-state index in [1.807, 2.05) is 6.92 Å². The number of benzene rings is 2. The first-order valence-electron chi connectivity index (χ1n) is 6.50. The van der Waals surface area contributed by atoms with Crippen LogP contribution in [0.15, 0.2) is 48.5 Å². The Morgan fingerprint density at radius 3 is 2.52 bits per heavy atom. The summed E-state index contributed by atoms with van der Waals surface area (Å²) >= 11 is 0. The van der Waals surface area contributed by atoms with E-state index in [4.69, 9.17) is 4.74 Å². The quantitative estimate of drug-likeness (QED) is 0.607. The summed E-state index contributed by atoms with van der Waals surface area (Å²) in [4.78, 5) is 11.9. The highest BCUT2D eigenvalue weighted by molar-refractivity contribution is 6.06. The zero-order valence-electron chi connectivity index (χ0n) is 11.5. The fourth-order valence-electron chi connectivity index (χ4n) is 1.79. The molecular weight excluding hydrogens is 274 g/mol. The van der Waals surface area contributed by atoms with Gasteiger partial charge in [0.05, 0.1) is 6.61 Å². The number of hydrogen-bond donors (Lipinski definition) is 0. The Kier molecular flexibility index (Phi) is 4.82. The zero-order valence-corrected chi connectivity index (χ0v) is 11.5. The van der Waals surface area contributed by atoms with E-state index in [-0.39, 0.29) is 11.3 Å². The maximum Gasteiger partial charge on any atom is 0.185 e. The average Bonchev–Trinajstić information content (AvgIpc) is 2.49. The molecule has 0 atom stereocenters. The monoisotopic (exact) mass is 288 g/mol.